The Kier molecular flexibility index (Phi) is 3.91. The topological polar surface area (TPSA) is 77.5 Å². The summed E-state index contributed by atoms with van der Waals surface area (Å²) < 4.78 is 1.75. The lowest BCUT2D eigenvalue weighted by atomic mass is 10.1. The van der Waals surface area contributed by atoms with E-state index < -0.39 is 4.92 Å². The highest BCUT2D eigenvalue weighted by Gasteiger charge is 2.11. The van der Waals surface area contributed by atoms with Crippen molar-refractivity contribution in [2.45, 2.75) is 0 Å². The summed E-state index contributed by atoms with van der Waals surface area (Å²) in [6.45, 7) is 0. The summed E-state index contributed by atoms with van der Waals surface area (Å²) in [5.41, 5.74) is 1.35. The molecule has 0 saturated carbocycles. The first-order chi connectivity index (χ1) is 11.1. The number of allylic oxidation sites excluding steroid dienone is 1. The molecule has 7 heteroatoms. The van der Waals surface area contributed by atoms with E-state index in [1.165, 1.54) is 30.3 Å². The number of hydrogen-bond acceptors (Lipinski definition) is 4. The number of benzene rings is 1. The molecular weight excluding hydrogens is 318 g/mol. The van der Waals surface area contributed by atoms with E-state index in [0.29, 0.717) is 11.3 Å². The van der Waals surface area contributed by atoms with Gasteiger partial charge in [0.2, 0.25) is 0 Å². The molecule has 0 aliphatic carbocycles. The number of nitro benzene ring substituents is 1. The predicted octanol–water partition coefficient (Wildman–Crippen LogP) is 3.79. The third kappa shape index (κ3) is 2.97. The van der Waals surface area contributed by atoms with E-state index in [1.54, 1.807) is 22.7 Å². The fraction of sp³-hybridized carbons (Fsp3) is 0. The van der Waals surface area contributed by atoms with Gasteiger partial charge in [-0.2, -0.15) is 0 Å². The van der Waals surface area contributed by atoms with Crippen LogP contribution >= 0.6 is 11.6 Å². The Morgan fingerprint density at radius 3 is 2.87 bits per heavy atom. The molecule has 3 aromatic rings. The van der Waals surface area contributed by atoms with E-state index in [0.717, 1.165) is 0 Å². The molecule has 0 aliphatic heterocycles. The Balaban J connectivity index is 1.93. The van der Waals surface area contributed by atoms with Gasteiger partial charge in [-0.05, 0) is 24.3 Å². The second kappa shape index (κ2) is 6.02. The van der Waals surface area contributed by atoms with Crippen molar-refractivity contribution in [3.63, 3.8) is 0 Å². The summed E-state index contributed by atoms with van der Waals surface area (Å²) >= 11 is 6.08. The lowest BCUT2D eigenvalue weighted by Crippen LogP contribution is -1.96. The Morgan fingerprint density at radius 2 is 2.09 bits per heavy atom. The number of aromatic nitrogens is 2. The smallest absolute Gasteiger partial charge is 0.270 e. The van der Waals surface area contributed by atoms with Crippen LogP contribution in [0, 0.1) is 10.1 Å². The molecule has 0 amide bonds. The van der Waals surface area contributed by atoms with Crippen LogP contribution < -0.4 is 0 Å². The zero-order valence-electron chi connectivity index (χ0n) is 11.7. The number of nitrogens with zero attached hydrogens (tertiary/aromatic N) is 3. The van der Waals surface area contributed by atoms with Crippen LogP contribution in [-0.4, -0.2) is 20.1 Å². The van der Waals surface area contributed by atoms with Crippen molar-refractivity contribution >= 4 is 34.8 Å². The molecule has 0 atom stereocenters. The minimum Gasteiger partial charge on any atom is -0.299 e. The van der Waals surface area contributed by atoms with E-state index >= 15 is 0 Å². The third-order valence-corrected chi connectivity index (χ3v) is 3.53. The molecule has 6 nitrogen and oxygen atoms in total. The number of imidazole rings is 1. The van der Waals surface area contributed by atoms with Crippen molar-refractivity contribution < 1.29 is 9.72 Å². The second-order valence-electron chi connectivity index (χ2n) is 4.72. The molecule has 2 aromatic heterocycles. The molecule has 114 valence electrons. The Morgan fingerprint density at radius 1 is 1.26 bits per heavy atom. The highest BCUT2D eigenvalue weighted by molar-refractivity contribution is 6.31. The van der Waals surface area contributed by atoms with Crippen molar-refractivity contribution in [1.82, 2.24) is 9.38 Å². The van der Waals surface area contributed by atoms with Crippen LogP contribution in [0.25, 0.3) is 11.7 Å². The number of nitro groups is 1. The first-order valence-corrected chi connectivity index (χ1v) is 7.03. The van der Waals surface area contributed by atoms with Crippen LogP contribution in [0.15, 0.2) is 54.7 Å². The molecule has 1 aromatic carbocycles. The highest BCUT2D eigenvalue weighted by atomic mass is 35.5. The normalized spacial score (nSPS) is 11.2. The first kappa shape index (κ1) is 14.9. The number of rotatable bonds is 4. The molecule has 0 aliphatic rings. The predicted molar refractivity (Wildman–Crippen MR) is 86.7 cm³/mol. The monoisotopic (exact) mass is 327 g/mol. The van der Waals surface area contributed by atoms with Crippen molar-refractivity contribution in [1.29, 1.82) is 0 Å². The number of halogens is 1. The summed E-state index contributed by atoms with van der Waals surface area (Å²) in [5, 5.41) is 11.0. The number of carbonyl (C=O) groups is 1. The number of pyridine rings is 1. The number of fused-ring (bicyclic) bond motifs is 1. The Bertz CT molecular complexity index is 947. The number of hydrogen-bond donors (Lipinski definition) is 0. The fourth-order valence-electron chi connectivity index (χ4n) is 2.16. The van der Waals surface area contributed by atoms with Crippen molar-refractivity contribution in [2.75, 3.05) is 0 Å². The van der Waals surface area contributed by atoms with E-state index in [-0.39, 0.29) is 22.2 Å². The average molecular weight is 328 g/mol. The van der Waals surface area contributed by atoms with E-state index in [4.69, 9.17) is 11.6 Å². The van der Waals surface area contributed by atoms with Gasteiger partial charge in [0, 0.05) is 23.9 Å². The van der Waals surface area contributed by atoms with Crippen LogP contribution in [0.1, 0.15) is 16.1 Å². The van der Waals surface area contributed by atoms with Gasteiger partial charge >= 0.3 is 0 Å². The molecule has 0 unspecified atom stereocenters. The minimum absolute atomic E-state index is 0.128. The molecule has 3 rings (SSSR count). The fourth-order valence-corrected chi connectivity index (χ4v) is 2.40. The number of carbonyl (C=O) groups excluding carboxylic acids is 1. The lowest BCUT2D eigenvalue weighted by Gasteiger charge is -1.97. The van der Waals surface area contributed by atoms with Crippen molar-refractivity contribution in [3.8, 4) is 0 Å². The van der Waals surface area contributed by atoms with Crippen molar-refractivity contribution in [3.05, 3.63) is 81.3 Å². The SMILES string of the molecule is O=C(/C=C/c1c(Cl)nc2ccccn12)c1cccc([N+](=O)[O-])c1. The summed E-state index contributed by atoms with van der Waals surface area (Å²) in [5.74, 6) is -0.351. The number of non-ortho nitro benzene ring substituents is 1. The third-order valence-electron chi connectivity index (χ3n) is 3.26. The van der Waals surface area contributed by atoms with Gasteiger partial charge in [-0.3, -0.25) is 19.3 Å². The zero-order valence-corrected chi connectivity index (χ0v) is 12.5. The maximum atomic E-state index is 12.2. The van der Waals surface area contributed by atoms with Gasteiger partial charge in [0.1, 0.15) is 5.65 Å². The molecule has 0 radical (unpaired) electrons. The van der Waals surface area contributed by atoms with Gasteiger partial charge in [0.15, 0.2) is 10.9 Å². The zero-order chi connectivity index (χ0) is 16.4. The van der Waals surface area contributed by atoms with Crippen LogP contribution in [-0.2, 0) is 0 Å². The molecule has 0 N–H and O–H groups in total. The summed E-state index contributed by atoms with van der Waals surface area (Å²) in [4.78, 5) is 26.6. The van der Waals surface area contributed by atoms with Crippen LogP contribution in [0.3, 0.4) is 0 Å². The molecular formula is C16H10ClN3O3. The largest absolute Gasteiger partial charge is 0.299 e. The minimum atomic E-state index is -0.540. The number of ketones is 1. The molecule has 0 bridgehead atoms. The van der Waals surface area contributed by atoms with Gasteiger partial charge in [-0.25, -0.2) is 4.98 Å². The summed E-state index contributed by atoms with van der Waals surface area (Å²) in [7, 11) is 0. The molecule has 0 spiro atoms. The van der Waals surface area contributed by atoms with Gasteiger partial charge in [-0.15, -0.1) is 0 Å². The van der Waals surface area contributed by atoms with Gasteiger partial charge in [0.05, 0.1) is 10.6 Å². The second-order valence-corrected chi connectivity index (χ2v) is 5.08. The molecule has 23 heavy (non-hydrogen) atoms. The van der Waals surface area contributed by atoms with Crippen LogP contribution in [0.2, 0.25) is 5.15 Å². The van der Waals surface area contributed by atoms with Gasteiger partial charge in [-0.1, -0.05) is 29.8 Å². The standard InChI is InChI=1S/C16H10ClN3O3/c17-16-13(19-9-2-1-6-15(19)18-16)7-8-14(21)11-4-3-5-12(10-11)20(22)23/h1-10H/b8-7+. The Hall–Kier alpha value is -2.99. The van der Waals surface area contributed by atoms with Crippen LogP contribution in [0.4, 0.5) is 5.69 Å². The summed E-state index contributed by atoms with van der Waals surface area (Å²) in [6.07, 6.45) is 4.65. The molecule has 0 saturated heterocycles. The lowest BCUT2D eigenvalue weighted by molar-refractivity contribution is -0.384. The first-order valence-electron chi connectivity index (χ1n) is 6.66. The quantitative estimate of drug-likeness (QED) is 0.316. The molecule has 0 fully saturated rings. The van der Waals surface area contributed by atoms with E-state index in [1.807, 2.05) is 12.1 Å². The van der Waals surface area contributed by atoms with Gasteiger partial charge in [0.25, 0.3) is 5.69 Å². The van der Waals surface area contributed by atoms with E-state index in [9.17, 15) is 14.9 Å². The molecule has 2 heterocycles. The average Bonchev–Trinajstić information content (AvgIpc) is 2.88. The van der Waals surface area contributed by atoms with Crippen molar-refractivity contribution in [2.24, 2.45) is 0 Å². The van der Waals surface area contributed by atoms with Gasteiger partial charge < -0.3 is 0 Å². The maximum absolute atomic E-state index is 12.2. The van der Waals surface area contributed by atoms with E-state index in [2.05, 4.69) is 4.98 Å². The maximum Gasteiger partial charge on any atom is 0.270 e. The highest BCUT2D eigenvalue weighted by Crippen LogP contribution is 2.20. The Labute approximate surface area is 135 Å². The summed E-state index contributed by atoms with van der Waals surface area (Å²) in [6, 6.07) is 11.0. The van der Waals surface area contributed by atoms with Crippen LogP contribution in [0.5, 0.6) is 0 Å².